The SMILES string of the molecule is Cc1cc(F)cnc1[C@@H](C)Oc1cc(-c2nnn(C3CCN(C(=O)OC(C)(C)C)CC3)c2C)cc2ncc(C#N)n12. The Bertz CT molecular complexity index is 1640. The second-order valence-corrected chi connectivity index (χ2v) is 11.3. The lowest BCUT2D eigenvalue weighted by Crippen LogP contribution is -2.42. The van der Waals surface area contributed by atoms with Crippen LogP contribution in [0, 0.1) is 31.0 Å². The number of imidazole rings is 1. The van der Waals surface area contributed by atoms with E-state index in [0.717, 1.165) is 30.3 Å². The number of fused-ring (bicyclic) bond motifs is 1. The first-order valence-corrected chi connectivity index (χ1v) is 13.6. The average molecular weight is 561 g/mol. The van der Waals surface area contributed by atoms with Crippen molar-refractivity contribution in [2.24, 2.45) is 0 Å². The fraction of sp³-hybridized carbons (Fsp3) is 0.448. The minimum absolute atomic E-state index is 0.0820. The zero-order valence-electron chi connectivity index (χ0n) is 24.1. The number of halogens is 1. The third-order valence-electron chi connectivity index (χ3n) is 7.12. The molecule has 5 heterocycles. The largest absolute Gasteiger partial charge is 0.469 e. The molecule has 0 bridgehead atoms. The Hall–Kier alpha value is -4.53. The van der Waals surface area contributed by atoms with E-state index >= 15 is 0 Å². The lowest BCUT2D eigenvalue weighted by Gasteiger charge is -2.33. The maximum atomic E-state index is 13.6. The van der Waals surface area contributed by atoms with Gasteiger partial charge in [0.05, 0.1) is 29.8 Å². The van der Waals surface area contributed by atoms with E-state index in [1.807, 2.05) is 45.4 Å². The van der Waals surface area contributed by atoms with Crippen molar-refractivity contribution in [1.29, 1.82) is 5.26 Å². The molecule has 0 aromatic carbocycles. The Morgan fingerprint density at radius 1 is 1.15 bits per heavy atom. The summed E-state index contributed by atoms with van der Waals surface area (Å²) in [6, 6.07) is 7.28. The van der Waals surface area contributed by atoms with Crippen LogP contribution < -0.4 is 4.74 Å². The Morgan fingerprint density at radius 3 is 2.54 bits per heavy atom. The number of hydrogen-bond donors (Lipinski definition) is 0. The molecule has 0 unspecified atom stereocenters. The first-order chi connectivity index (χ1) is 19.4. The van der Waals surface area contributed by atoms with Gasteiger partial charge in [0.1, 0.15) is 40.6 Å². The van der Waals surface area contributed by atoms with Crippen molar-refractivity contribution in [2.75, 3.05) is 13.1 Å². The number of ether oxygens (including phenoxy) is 2. The molecule has 1 saturated heterocycles. The molecule has 1 aliphatic rings. The molecule has 0 aliphatic carbocycles. The lowest BCUT2D eigenvalue weighted by atomic mass is 10.0. The molecule has 1 amide bonds. The van der Waals surface area contributed by atoms with E-state index in [4.69, 9.17) is 9.47 Å². The van der Waals surface area contributed by atoms with Crippen LogP contribution >= 0.6 is 0 Å². The number of pyridine rings is 2. The predicted octanol–water partition coefficient (Wildman–Crippen LogP) is 5.33. The van der Waals surface area contributed by atoms with E-state index in [2.05, 4.69) is 26.3 Å². The zero-order chi connectivity index (χ0) is 29.5. The van der Waals surface area contributed by atoms with Gasteiger partial charge >= 0.3 is 6.09 Å². The summed E-state index contributed by atoms with van der Waals surface area (Å²) in [5.41, 5.74) is 3.80. The van der Waals surface area contributed by atoms with Crippen molar-refractivity contribution in [2.45, 2.75) is 72.1 Å². The molecule has 12 heteroatoms. The molecule has 4 aromatic rings. The van der Waals surface area contributed by atoms with Crippen LogP contribution in [-0.4, -0.2) is 59.0 Å². The second kappa shape index (κ2) is 10.8. The summed E-state index contributed by atoms with van der Waals surface area (Å²) in [4.78, 5) is 22.8. The molecule has 5 rings (SSSR count). The van der Waals surface area contributed by atoms with Crippen molar-refractivity contribution in [3.8, 4) is 23.2 Å². The van der Waals surface area contributed by atoms with Gasteiger partial charge in [0.15, 0.2) is 0 Å². The number of piperidine rings is 1. The highest BCUT2D eigenvalue weighted by Gasteiger charge is 2.29. The summed E-state index contributed by atoms with van der Waals surface area (Å²) >= 11 is 0. The van der Waals surface area contributed by atoms with Gasteiger partial charge in [-0.15, -0.1) is 5.10 Å². The quantitative estimate of drug-likeness (QED) is 0.321. The van der Waals surface area contributed by atoms with Crippen LogP contribution in [-0.2, 0) is 4.74 Å². The third-order valence-corrected chi connectivity index (χ3v) is 7.12. The van der Waals surface area contributed by atoms with Gasteiger partial charge in [-0.25, -0.2) is 18.9 Å². The first kappa shape index (κ1) is 28.0. The highest BCUT2D eigenvalue weighted by molar-refractivity contribution is 5.69. The maximum Gasteiger partial charge on any atom is 0.410 e. The molecule has 11 nitrogen and oxygen atoms in total. The molecular weight excluding hydrogens is 527 g/mol. The van der Waals surface area contributed by atoms with E-state index < -0.39 is 17.5 Å². The number of carbonyl (C=O) groups excluding carboxylic acids is 1. The number of aryl methyl sites for hydroxylation is 1. The van der Waals surface area contributed by atoms with E-state index in [9.17, 15) is 14.4 Å². The monoisotopic (exact) mass is 560 g/mol. The summed E-state index contributed by atoms with van der Waals surface area (Å²) in [5.74, 6) is -0.0394. The predicted molar refractivity (Wildman–Crippen MR) is 148 cm³/mol. The molecule has 214 valence electrons. The Kier molecular flexibility index (Phi) is 7.38. The van der Waals surface area contributed by atoms with Crippen LogP contribution in [0.1, 0.15) is 75.3 Å². The Morgan fingerprint density at radius 2 is 1.88 bits per heavy atom. The van der Waals surface area contributed by atoms with Crippen LogP contribution in [0.3, 0.4) is 0 Å². The van der Waals surface area contributed by atoms with E-state index in [1.165, 1.54) is 12.3 Å². The van der Waals surface area contributed by atoms with E-state index in [1.54, 1.807) is 22.3 Å². The summed E-state index contributed by atoms with van der Waals surface area (Å²) in [5, 5.41) is 18.6. The minimum atomic E-state index is -0.538. The molecule has 0 radical (unpaired) electrons. The number of hydrogen-bond acceptors (Lipinski definition) is 8. The number of nitriles is 1. The highest BCUT2D eigenvalue weighted by atomic mass is 19.1. The van der Waals surface area contributed by atoms with Crippen LogP contribution in [0.25, 0.3) is 16.9 Å². The Balaban J connectivity index is 1.42. The zero-order valence-corrected chi connectivity index (χ0v) is 24.1. The number of amides is 1. The summed E-state index contributed by atoms with van der Waals surface area (Å²) in [6.45, 7) is 12.3. The number of likely N-dealkylation sites (tertiary alicyclic amines) is 1. The highest BCUT2D eigenvalue weighted by Crippen LogP contribution is 2.33. The van der Waals surface area contributed by atoms with Crippen molar-refractivity contribution in [3.05, 3.63) is 59.1 Å². The van der Waals surface area contributed by atoms with Crippen LogP contribution in [0.15, 0.2) is 30.6 Å². The molecule has 41 heavy (non-hydrogen) atoms. The van der Waals surface area contributed by atoms with Crippen molar-refractivity contribution in [1.82, 2.24) is 34.3 Å². The van der Waals surface area contributed by atoms with E-state index in [0.29, 0.717) is 47.3 Å². The Labute approximate surface area is 237 Å². The molecule has 0 saturated carbocycles. The topological polar surface area (TPSA) is 123 Å². The van der Waals surface area contributed by atoms with Gasteiger partial charge in [0.25, 0.3) is 0 Å². The lowest BCUT2D eigenvalue weighted by molar-refractivity contribution is 0.0183. The average Bonchev–Trinajstić information content (AvgIpc) is 3.51. The van der Waals surface area contributed by atoms with Gasteiger partial charge in [0, 0.05) is 24.7 Å². The fourth-order valence-corrected chi connectivity index (χ4v) is 5.17. The van der Waals surface area contributed by atoms with Crippen LogP contribution in [0.5, 0.6) is 5.88 Å². The molecule has 4 aromatic heterocycles. The summed E-state index contributed by atoms with van der Waals surface area (Å²) in [6.07, 6.45) is 3.26. The molecular formula is C29H33FN8O3. The number of nitrogens with zero attached hydrogens (tertiary/aromatic N) is 8. The van der Waals surface area contributed by atoms with Gasteiger partial charge in [0.2, 0.25) is 5.88 Å². The number of aromatic nitrogens is 6. The number of carbonyl (C=O) groups is 1. The van der Waals surface area contributed by atoms with Gasteiger partial charge < -0.3 is 14.4 Å². The molecule has 0 spiro atoms. The van der Waals surface area contributed by atoms with Gasteiger partial charge in [-0.1, -0.05) is 5.21 Å². The fourth-order valence-electron chi connectivity index (χ4n) is 5.17. The standard InChI is InChI=1S/C29H33FN8O3/c1-17-11-21(30)15-33-26(17)19(3)40-25-13-20(12-24-32-16-23(14-31)37(24)25)27-18(2)38(35-34-27)22-7-9-36(10-8-22)28(39)41-29(4,5)6/h11-13,15-16,19,22H,7-10H2,1-6H3/t19-/m1/s1. The second-order valence-electron chi connectivity index (χ2n) is 11.3. The van der Waals surface area contributed by atoms with E-state index in [-0.39, 0.29) is 12.1 Å². The molecule has 1 aliphatic heterocycles. The van der Waals surface area contributed by atoms with Crippen LogP contribution in [0.2, 0.25) is 0 Å². The summed E-state index contributed by atoms with van der Waals surface area (Å²) < 4.78 is 29.0. The van der Waals surface area contributed by atoms with Crippen molar-refractivity contribution < 1.29 is 18.7 Å². The molecule has 1 atom stereocenters. The van der Waals surface area contributed by atoms with Crippen molar-refractivity contribution >= 4 is 11.7 Å². The van der Waals surface area contributed by atoms with Gasteiger partial charge in [-0.2, -0.15) is 5.26 Å². The molecule has 0 N–H and O–H groups in total. The molecule has 1 fully saturated rings. The van der Waals surface area contributed by atoms with Crippen LogP contribution in [0.4, 0.5) is 9.18 Å². The van der Waals surface area contributed by atoms with Crippen molar-refractivity contribution in [3.63, 3.8) is 0 Å². The number of rotatable bonds is 5. The maximum absolute atomic E-state index is 13.6. The first-order valence-electron chi connectivity index (χ1n) is 13.6. The van der Waals surface area contributed by atoms with Gasteiger partial charge in [-0.3, -0.25) is 9.38 Å². The normalized spacial score (nSPS) is 15.1. The summed E-state index contributed by atoms with van der Waals surface area (Å²) in [7, 11) is 0. The smallest absolute Gasteiger partial charge is 0.410 e. The van der Waals surface area contributed by atoms with Gasteiger partial charge in [-0.05, 0) is 72.1 Å². The third kappa shape index (κ3) is 5.70. The minimum Gasteiger partial charge on any atom is -0.469 e.